The SMILES string of the molecule is Cc1cnc(NC2=NC(C(C)C)NC3=C2CCN(c2ncccc2C(F)(F)F)CC3)cn1. The Morgan fingerprint density at radius 1 is 1.12 bits per heavy atom. The maximum Gasteiger partial charge on any atom is 0.419 e. The van der Waals surface area contributed by atoms with Gasteiger partial charge in [0.15, 0.2) is 0 Å². The Hall–Kier alpha value is -3.17. The second-order valence-electron chi connectivity index (χ2n) is 8.30. The van der Waals surface area contributed by atoms with Crippen LogP contribution in [-0.2, 0) is 6.18 Å². The summed E-state index contributed by atoms with van der Waals surface area (Å²) in [4.78, 5) is 19.2. The Morgan fingerprint density at radius 3 is 2.59 bits per heavy atom. The van der Waals surface area contributed by atoms with Gasteiger partial charge in [0.1, 0.15) is 23.6 Å². The van der Waals surface area contributed by atoms with Crippen molar-refractivity contribution in [2.75, 3.05) is 23.3 Å². The smallest absolute Gasteiger partial charge is 0.366 e. The summed E-state index contributed by atoms with van der Waals surface area (Å²) in [5.74, 6) is 1.47. The van der Waals surface area contributed by atoms with Crippen molar-refractivity contribution in [2.45, 2.75) is 46.0 Å². The molecule has 0 saturated carbocycles. The molecule has 0 aromatic carbocycles. The van der Waals surface area contributed by atoms with Crippen LogP contribution in [0.3, 0.4) is 0 Å². The molecule has 1 atom stereocenters. The number of alkyl halides is 3. The summed E-state index contributed by atoms with van der Waals surface area (Å²) in [6, 6.07) is 2.40. The van der Waals surface area contributed by atoms with Gasteiger partial charge in [0.2, 0.25) is 0 Å². The molecule has 0 spiro atoms. The summed E-state index contributed by atoms with van der Waals surface area (Å²) in [6.07, 6.45) is 1.22. The van der Waals surface area contributed by atoms with Gasteiger partial charge >= 0.3 is 6.18 Å². The number of rotatable bonds is 3. The highest BCUT2D eigenvalue weighted by Crippen LogP contribution is 2.36. The number of anilines is 2. The van der Waals surface area contributed by atoms with Crippen LogP contribution in [0, 0.1) is 12.8 Å². The molecule has 0 fully saturated rings. The van der Waals surface area contributed by atoms with Gasteiger partial charge in [-0.1, -0.05) is 13.8 Å². The average molecular weight is 445 g/mol. The number of aryl methyl sites for hydroxylation is 1. The first kappa shape index (κ1) is 22.0. The first-order chi connectivity index (χ1) is 15.2. The lowest BCUT2D eigenvalue weighted by molar-refractivity contribution is -0.137. The molecule has 2 N–H and O–H groups in total. The quantitative estimate of drug-likeness (QED) is 0.739. The van der Waals surface area contributed by atoms with E-state index in [4.69, 9.17) is 4.99 Å². The minimum atomic E-state index is -4.46. The van der Waals surface area contributed by atoms with Crippen LogP contribution in [0.5, 0.6) is 0 Å². The zero-order valence-corrected chi connectivity index (χ0v) is 18.2. The predicted octanol–water partition coefficient (Wildman–Crippen LogP) is 4.15. The van der Waals surface area contributed by atoms with E-state index >= 15 is 0 Å². The van der Waals surface area contributed by atoms with Crippen molar-refractivity contribution < 1.29 is 13.2 Å². The standard InChI is InChI=1S/C22H26F3N7/c1-13(2)19-29-17-7-10-32(21-16(22(23,24)25)5-4-8-26-21)9-6-15(17)20(31-19)30-18-12-27-14(3)11-28-18/h4-5,8,11-13,19,29H,6-7,9-10H2,1-3H3,(H,28,30,31). The topological polar surface area (TPSA) is 78.3 Å². The Bertz CT molecular complexity index is 1030. The molecular weight excluding hydrogens is 419 g/mol. The predicted molar refractivity (Wildman–Crippen MR) is 117 cm³/mol. The molecule has 170 valence electrons. The lowest BCUT2D eigenvalue weighted by Gasteiger charge is -2.29. The van der Waals surface area contributed by atoms with Gasteiger partial charge in [-0.15, -0.1) is 0 Å². The van der Waals surface area contributed by atoms with Gasteiger partial charge in [0, 0.05) is 37.0 Å². The van der Waals surface area contributed by atoms with Gasteiger partial charge in [-0.25, -0.2) is 15.0 Å². The van der Waals surface area contributed by atoms with E-state index in [0.29, 0.717) is 37.6 Å². The third-order valence-corrected chi connectivity index (χ3v) is 5.55. The number of aliphatic imine (C=N–C) groups is 1. The summed E-state index contributed by atoms with van der Waals surface area (Å²) < 4.78 is 40.6. The molecule has 4 heterocycles. The van der Waals surface area contributed by atoms with E-state index in [1.165, 1.54) is 12.3 Å². The van der Waals surface area contributed by atoms with Gasteiger partial charge in [0.05, 0.1) is 23.7 Å². The molecule has 0 amide bonds. The zero-order chi connectivity index (χ0) is 22.9. The van der Waals surface area contributed by atoms with Crippen molar-refractivity contribution in [1.29, 1.82) is 0 Å². The van der Waals surface area contributed by atoms with Crippen LogP contribution in [-0.4, -0.2) is 40.0 Å². The first-order valence-corrected chi connectivity index (χ1v) is 10.6. The second-order valence-corrected chi connectivity index (χ2v) is 8.30. The molecule has 0 radical (unpaired) electrons. The van der Waals surface area contributed by atoms with E-state index in [-0.39, 0.29) is 17.9 Å². The highest BCUT2D eigenvalue weighted by molar-refractivity contribution is 6.08. The maximum absolute atomic E-state index is 13.5. The number of hydrogen-bond acceptors (Lipinski definition) is 7. The monoisotopic (exact) mass is 445 g/mol. The summed E-state index contributed by atoms with van der Waals surface area (Å²) >= 11 is 0. The minimum absolute atomic E-state index is 0.0314. The number of aromatic nitrogens is 3. The van der Waals surface area contributed by atoms with Crippen LogP contribution in [0.1, 0.15) is 37.9 Å². The molecule has 1 unspecified atom stereocenters. The lowest BCUT2D eigenvalue weighted by Crippen LogP contribution is -2.39. The summed E-state index contributed by atoms with van der Waals surface area (Å²) in [5.41, 5.74) is 2.04. The molecule has 2 aliphatic heterocycles. The Balaban J connectivity index is 1.61. The van der Waals surface area contributed by atoms with Crippen molar-refractivity contribution in [3.63, 3.8) is 0 Å². The molecular formula is C22H26F3N7. The number of hydrogen-bond donors (Lipinski definition) is 2. The molecule has 2 aromatic heterocycles. The molecule has 0 bridgehead atoms. The fraction of sp³-hybridized carbons (Fsp3) is 0.455. The van der Waals surface area contributed by atoms with Crippen molar-refractivity contribution in [3.8, 4) is 0 Å². The Morgan fingerprint density at radius 2 is 1.91 bits per heavy atom. The van der Waals surface area contributed by atoms with Crippen LogP contribution in [0.25, 0.3) is 0 Å². The fourth-order valence-electron chi connectivity index (χ4n) is 3.84. The van der Waals surface area contributed by atoms with Crippen molar-refractivity contribution in [1.82, 2.24) is 20.3 Å². The van der Waals surface area contributed by atoms with E-state index in [2.05, 4.69) is 39.4 Å². The van der Waals surface area contributed by atoms with Gasteiger partial charge in [-0.05, 0) is 31.4 Å². The molecule has 0 aliphatic carbocycles. The van der Waals surface area contributed by atoms with Crippen LogP contribution in [0.4, 0.5) is 24.8 Å². The third-order valence-electron chi connectivity index (χ3n) is 5.55. The first-order valence-electron chi connectivity index (χ1n) is 10.6. The zero-order valence-electron chi connectivity index (χ0n) is 18.2. The van der Waals surface area contributed by atoms with E-state index in [1.807, 2.05) is 6.92 Å². The number of pyridine rings is 1. The van der Waals surface area contributed by atoms with Crippen LogP contribution >= 0.6 is 0 Å². The van der Waals surface area contributed by atoms with Crippen LogP contribution in [0.15, 0.2) is 47.0 Å². The molecule has 7 nitrogen and oxygen atoms in total. The van der Waals surface area contributed by atoms with Gasteiger partial charge in [-0.3, -0.25) is 4.98 Å². The average Bonchev–Trinajstić information content (AvgIpc) is 2.97. The van der Waals surface area contributed by atoms with E-state index < -0.39 is 11.7 Å². The Kier molecular flexibility index (Phi) is 6.03. The van der Waals surface area contributed by atoms with Crippen LogP contribution in [0.2, 0.25) is 0 Å². The van der Waals surface area contributed by atoms with E-state index in [9.17, 15) is 13.2 Å². The van der Waals surface area contributed by atoms with Crippen molar-refractivity contribution >= 4 is 17.5 Å². The van der Waals surface area contributed by atoms with Crippen molar-refractivity contribution in [2.24, 2.45) is 10.9 Å². The fourth-order valence-corrected chi connectivity index (χ4v) is 3.84. The van der Waals surface area contributed by atoms with Gasteiger partial charge in [0.25, 0.3) is 0 Å². The maximum atomic E-state index is 13.5. The molecule has 2 aromatic rings. The van der Waals surface area contributed by atoms with Gasteiger partial charge < -0.3 is 15.5 Å². The lowest BCUT2D eigenvalue weighted by atomic mass is 10.0. The molecule has 4 rings (SSSR count). The summed E-state index contributed by atoms with van der Waals surface area (Å²) in [6.45, 7) is 6.83. The third kappa shape index (κ3) is 4.68. The number of halogens is 3. The normalized spacial score (nSPS) is 19.3. The van der Waals surface area contributed by atoms with E-state index in [0.717, 1.165) is 23.0 Å². The number of nitrogens with zero attached hydrogens (tertiary/aromatic N) is 5. The van der Waals surface area contributed by atoms with Crippen molar-refractivity contribution in [3.05, 3.63) is 53.3 Å². The van der Waals surface area contributed by atoms with E-state index in [1.54, 1.807) is 17.3 Å². The highest BCUT2D eigenvalue weighted by Gasteiger charge is 2.36. The molecule has 32 heavy (non-hydrogen) atoms. The minimum Gasteiger partial charge on any atom is -0.366 e. The van der Waals surface area contributed by atoms with Crippen LogP contribution < -0.4 is 15.5 Å². The largest absolute Gasteiger partial charge is 0.419 e. The molecule has 2 aliphatic rings. The molecule has 0 saturated heterocycles. The second kappa shape index (κ2) is 8.76. The summed E-state index contributed by atoms with van der Waals surface area (Å²) in [5, 5.41) is 6.76. The Labute approximate surface area is 184 Å². The number of nitrogens with one attached hydrogen (secondary N) is 2. The highest BCUT2D eigenvalue weighted by atomic mass is 19.4. The van der Waals surface area contributed by atoms with Gasteiger partial charge in [-0.2, -0.15) is 13.2 Å². The number of amidine groups is 1. The summed E-state index contributed by atoms with van der Waals surface area (Å²) in [7, 11) is 0. The molecule has 10 heteroatoms.